The zero-order chi connectivity index (χ0) is 17.9. The van der Waals surface area contributed by atoms with Gasteiger partial charge in [-0.3, -0.25) is 4.79 Å². The normalized spacial score (nSPS) is 11.8. The summed E-state index contributed by atoms with van der Waals surface area (Å²) in [7, 11) is -2.12. The molecule has 0 fully saturated rings. The molecular formula is C17H21N3O3S. The van der Waals surface area contributed by atoms with Crippen LogP contribution in [0.15, 0.2) is 47.5 Å². The van der Waals surface area contributed by atoms with Crippen LogP contribution in [0, 0.1) is 6.92 Å². The number of aryl methyl sites for hydroxylation is 1. The summed E-state index contributed by atoms with van der Waals surface area (Å²) in [5.74, 6) is 0.0184. The van der Waals surface area contributed by atoms with Gasteiger partial charge < -0.3 is 5.32 Å². The van der Waals surface area contributed by atoms with Crippen LogP contribution in [-0.2, 0) is 10.0 Å². The lowest BCUT2D eigenvalue weighted by Gasteiger charge is -2.21. The van der Waals surface area contributed by atoms with Gasteiger partial charge in [-0.05, 0) is 56.7 Å². The fourth-order valence-electron chi connectivity index (χ4n) is 2.03. The molecule has 128 valence electrons. The maximum absolute atomic E-state index is 12.5. The molecule has 2 rings (SSSR count). The van der Waals surface area contributed by atoms with Gasteiger partial charge >= 0.3 is 0 Å². The van der Waals surface area contributed by atoms with Crippen molar-refractivity contribution in [2.75, 3.05) is 12.4 Å². The van der Waals surface area contributed by atoms with Gasteiger partial charge in [0.25, 0.3) is 5.91 Å². The minimum atomic E-state index is -3.64. The highest BCUT2D eigenvalue weighted by Gasteiger charge is 2.23. The third kappa shape index (κ3) is 3.98. The molecule has 24 heavy (non-hydrogen) atoms. The van der Waals surface area contributed by atoms with Crippen molar-refractivity contribution < 1.29 is 13.2 Å². The van der Waals surface area contributed by atoms with Gasteiger partial charge in [0, 0.05) is 24.8 Å². The molecule has 0 spiro atoms. The van der Waals surface area contributed by atoms with Crippen molar-refractivity contribution >= 4 is 21.7 Å². The topological polar surface area (TPSA) is 79.4 Å². The Morgan fingerprint density at radius 2 is 1.92 bits per heavy atom. The molecule has 2 aromatic rings. The summed E-state index contributed by atoms with van der Waals surface area (Å²) in [6.07, 6.45) is 1.60. The van der Waals surface area contributed by atoms with Crippen molar-refractivity contribution in [3.63, 3.8) is 0 Å². The molecule has 1 amide bonds. The van der Waals surface area contributed by atoms with Crippen LogP contribution >= 0.6 is 0 Å². The largest absolute Gasteiger partial charge is 0.307 e. The molecule has 0 atom stereocenters. The lowest BCUT2D eigenvalue weighted by molar-refractivity contribution is 0.102. The van der Waals surface area contributed by atoms with Crippen molar-refractivity contribution in [1.82, 2.24) is 9.29 Å². The van der Waals surface area contributed by atoms with Crippen molar-refractivity contribution in [2.45, 2.75) is 31.7 Å². The highest BCUT2D eigenvalue weighted by Crippen LogP contribution is 2.18. The highest BCUT2D eigenvalue weighted by molar-refractivity contribution is 7.89. The van der Waals surface area contributed by atoms with Gasteiger partial charge in [-0.25, -0.2) is 13.4 Å². The molecule has 0 radical (unpaired) electrons. The first-order chi connectivity index (χ1) is 11.2. The Balaban J connectivity index is 2.29. The fourth-order valence-corrected chi connectivity index (χ4v) is 3.45. The second kappa shape index (κ2) is 7.11. The maximum atomic E-state index is 12.5. The lowest BCUT2D eigenvalue weighted by Crippen LogP contribution is -2.33. The average molecular weight is 347 g/mol. The Morgan fingerprint density at radius 3 is 2.54 bits per heavy atom. The smallest absolute Gasteiger partial charge is 0.256 e. The maximum Gasteiger partial charge on any atom is 0.256 e. The van der Waals surface area contributed by atoms with E-state index in [9.17, 15) is 13.2 Å². The van der Waals surface area contributed by atoms with Crippen molar-refractivity contribution in [3.8, 4) is 0 Å². The Morgan fingerprint density at radius 1 is 1.21 bits per heavy atom. The SMILES string of the molecule is Cc1ccnc(NC(=O)c2cccc(S(=O)(=O)N(C)C(C)C)c2)c1. The number of anilines is 1. The van der Waals surface area contributed by atoms with Crippen LogP contribution in [0.1, 0.15) is 29.8 Å². The molecule has 6 nitrogen and oxygen atoms in total. The fraction of sp³-hybridized carbons (Fsp3) is 0.294. The van der Waals surface area contributed by atoms with Crippen molar-refractivity contribution in [3.05, 3.63) is 53.7 Å². The standard InChI is InChI=1S/C17H21N3O3S/c1-12(2)20(4)24(22,23)15-7-5-6-14(11-15)17(21)19-16-10-13(3)8-9-18-16/h5-12H,1-4H3,(H,18,19,21). The molecule has 0 saturated heterocycles. The molecule has 0 bridgehead atoms. The van der Waals surface area contributed by atoms with Gasteiger partial charge in [0.1, 0.15) is 5.82 Å². The molecule has 0 aliphatic rings. The number of benzene rings is 1. The Bertz CT molecular complexity index is 848. The van der Waals surface area contributed by atoms with E-state index in [1.807, 2.05) is 13.0 Å². The van der Waals surface area contributed by atoms with E-state index >= 15 is 0 Å². The predicted molar refractivity (Wildman–Crippen MR) is 93.5 cm³/mol. The minimum absolute atomic E-state index is 0.0866. The summed E-state index contributed by atoms with van der Waals surface area (Å²) < 4.78 is 26.3. The number of pyridine rings is 1. The highest BCUT2D eigenvalue weighted by atomic mass is 32.2. The quantitative estimate of drug-likeness (QED) is 0.902. The van der Waals surface area contributed by atoms with E-state index < -0.39 is 15.9 Å². The Hall–Kier alpha value is -2.25. The third-order valence-corrected chi connectivity index (χ3v) is 5.69. The molecule has 0 unspecified atom stereocenters. The van der Waals surface area contributed by atoms with Gasteiger partial charge in [0.15, 0.2) is 0 Å². The summed E-state index contributed by atoms with van der Waals surface area (Å²) in [4.78, 5) is 16.5. The number of carbonyl (C=O) groups is 1. The second-order valence-corrected chi connectivity index (χ2v) is 7.81. The molecule has 7 heteroatoms. The number of hydrogen-bond donors (Lipinski definition) is 1. The molecule has 1 heterocycles. The van der Waals surface area contributed by atoms with Crippen LogP contribution in [0.4, 0.5) is 5.82 Å². The van der Waals surface area contributed by atoms with Crippen LogP contribution in [0.5, 0.6) is 0 Å². The Kier molecular flexibility index (Phi) is 5.36. The van der Waals surface area contributed by atoms with Crippen molar-refractivity contribution in [2.24, 2.45) is 0 Å². The zero-order valence-corrected chi connectivity index (χ0v) is 15.0. The van der Waals surface area contributed by atoms with E-state index in [1.165, 1.54) is 23.5 Å². The van der Waals surface area contributed by atoms with Gasteiger partial charge in [0.2, 0.25) is 10.0 Å². The summed E-state index contributed by atoms with van der Waals surface area (Å²) >= 11 is 0. The van der Waals surface area contributed by atoms with E-state index in [-0.39, 0.29) is 16.5 Å². The lowest BCUT2D eigenvalue weighted by atomic mass is 10.2. The van der Waals surface area contributed by atoms with Gasteiger partial charge in [0.05, 0.1) is 4.90 Å². The molecule has 1 aromatic heterocycles. The first kappa shape index (κ1) is 18.1. The average Bonchev–Trinajstić information content (AvgIpc) is 2.54. The van der Waals surface area contributed by atoms with Crippen LogP contribution in [0.3, 0.4) is 0 Å². The first-order valence-electron chi connectivity index (χ1n) is 7.54. The molecular weight excluding hydrogens is 326 g/mol. The van der Waals surface area contributed by atoms with Gasteiger partial charge in [-0.1, -0.05) is 6.07 Å². The third-order valence-electron chi connectivity index (χ3n) is 3.66. The molecule has 0 aliphatic carbocycles. The Labute approximate surface area is 142 Å². The number of aromatic nitrogens is 1. The monoisotopic (exact) mass is 347 g/mol. The number of nitrogens with one attached hydrogen (secondary N) is 1. The van der Waals surface area contributed by atoms with Crippen LogP contribution < -0.4 is 5.32 Å². The zero-order valence-electron chi connectivity index (χ0n) is 14.1. The molecule has 1 N–H and O–H groups in total. The van der Waals surface area contributed by atoms with Crippen LogP contribution in [-0.4, -0.2) is 36.7 Å². The van der Waals surface area contributed by atoms with Gasteiger partial charge in [-0.15, -0.1) is 0 Å². The molecule has 0 saturated carbocycles. The van der Waals surface area contributed by atoms with E-state index in [2.05, 4.69) is 10.3 Å². The first-order valence-corrected chi connectivity index (χ1v) is 8.98. The summed E-state index contributed by atoms with van der Waals surface area (Å²) in [5.41, 5.74) is 1.23. The van der Waals surface area contributed by atoms with E-state index in [4.69, 9.17) is 0 Å². The number of carbonyl (C=O) groups excluding carboxylic acids is 1. The predicted octanol–water partition coefficient (Wildman–Crippen LogP) is 2.67. The molecule has 0 aliphatic heterocycles. The summed E-state index contributed by atoms with van der Waals surface area (Å²) in [6, 6.07) is 9.37. The second-order valence-electron chi connectivity index (χ2n) is 5.82. The van der Waals surface area contributed by atoms with E-state index in [0.29, 0.717) is 5.82 Å². The van der Waals surface area contributed by atoms with Crippen molar-refractivity contribution in [1.29, 1.82) is 0 Å². The minimum Gasteiger partial charge on any atom is -0.307 e. The number of sulfonamides is 1. The number of amides is 1. The number of hydrogen-bond acceptors (Lipinski definition) is 4. The van der Waals surface area contributed by atoms with E-state index in [1.54, 1.807) is 38.2 Å². The van der Waals surface area contributed by atoms with Gasteiger partial charge in [-0.2, -0.15) is 4.31 Å². The molecule has 1 aromatic carbocycles. The number of rotatable bonds is 5. The van der Waals surface area contributed by atoms with E-state index in [0.717, 1.165) is 5.56 Å². The van der Waals surface area contributed by atoms with Crippen LogP contribution in [0.2, 0.25) is 0 Å². The number of nitrogens with zero attached hydrogens (tertiary/aromatic N) is 2. The summed E-state index contributed by atoms with van der Waals surface area (Å²) in [5, 5.41) is 2.67. The van der Waals surface area contributed by atoms with Crippen LogP contribution in [0.25, 0.3) is 0 Å². The summed E-state index contributed by atoms with van der Waals surface area (Å²) in [6.45, 7) is 5.47.